The van der Waals surface area contributed by atoms with Crippen LogP contribution in [0.4, 0.5) is 4.79 Å². The number of rotatable bonds is 9. The molecular formula is C23H39N11O5. The van der Waals surface area contributed by atoms with Crippen LogP contribution >= 0.6 is 0 Å². The molecule has 1 aliphatic rings. The normalized spacial score (nSPS) is 21.7. The van der Waals surface area contributed by atoms with E-state index >= 15 is 0 Å². The van der Waals surface area contributed by atoms with Gasteiger partial charge in [-0.15, -0.1) is 5.10 Å². The molecule has 2 heterocycles. The monoisotopic (exact) mass is 549 g/mol. The molecule has 10 N–H and O–H groups in total. The Morgan fingerprint density at radius 2 is 1.74 bits per heavy atom. The van der Waals surface area contributed by atoms with Crippen molar-refractivity contribution in [2.24, 2.45) is 22.2 Å². The smallest absolute Gasteiger partial charge is 0.344 e. The quantitative estimate of drug-likeness (QED) is 0.0731. The second-order valence-corrected chi connectivity index (χ2v) is 9.22. The van der Waals surface area contributed by atoms with Gasteiger partial charge in [0.05, 0.1) is 24.4 Å². The fourth-order valence-electron chi connectivity index (χ4n) is 3.90. The summed E-state index contributed by atoms with van der Waals surface area (Å²) in [6.45, 7) is 0.997. The van der Waals surface area contributed by atoms with Gasteiger partial charge in [-0.05, 0) is 57.9 Å². The molecule has 0 saturated carbocycles. The number of hydrogen-bond donors (Lipinski definition) is 7. The van der Waals surface area contributed by atoms with Crippen LogP contribution in [-0.4, -0.2) is 88.8 Å². The first-order chi connectivity index (χ1) is 18.7. The minimum atomic E-state index is -1.02. The standard InChI is InChI=1S/C23H39N11O5/c24-9-3-1-7-18-21(38)30-17(8-5-11-28-22(25)26)20(37)29-15(14-35)6-2-4-10-27-19(36)12-16-13-34(33-32-16)23(39)31-18/h13-15,17-18H,1-12,24H2,(H,27,36)(H,29,37)(H,30,38)(H,31,39)(H4,25,26,28)/t15-,17-,18-/m0/s1. The summed E-state index contributed by atoms with van der Waals surface area (Å²) in [5.41, 5.74) is 16.6. The van der Waals surface area contributed by atoms with Crippen LogP contribution in [0, 0.1) is 0 Å². The third-order valence-corrected chi connectivity index (χ3v) is 5.99. The first-order valence-electron chi connectivity index (χ1n) is 13.0. The summed E-state index contributed by atoms with van der Waals surface area (Å²) in [4.78, 5) is 66.9. The van der Waals surface area contributed by atoms with Gasteiger partial charge in [-0.3, -0.25) is 19.4 Å². The van der Waals surface area contributed by atoms with Gasteiger partial charge in [-0.25, -0.2) is 4.79 Å². The SMILES string of the molecule is NCCCC[C@@H]1NC(=O)n2cc(nn2)CC(=O)NCCCC[C@@H](C=O)NC(=O)[C@H](CCCN=C(N)N)NC1=O. The highest BCUT2D eigenvalue weighted by atomic mass is 16.2. The molecule has 0 fully saturated rings. The maximum absolute atomic E-state index is 13.3. The van der Waals surface area contributed by atoms with Crippen molar-refractivity contribution < 1.29 is 24.0 Å². The van der Waals surface area contributed by atoms with E-state index in [4.69, 9.17) is 17.2 Å². The summed E-state index contributed by atoms with van der Waals surface area (Å²) in [6.07, 6.45) is 5.30. The molecule has 0 unspecified atom stereocenters. The Morgan fingerprint density at radius 1 is 1.03 bits per heavy atom. The van der Waals surface area contributed by atoms with Gasteiger partial charge in [0.2, 0.25) is 17.7 Å². The molecule has 0 aromatic carbocycles. The molecule has 1 aliphatic heterocycles. The van der Waals surface area contributed by atoms with Crippen LogP contribution in [0.2, 0.25) is 0 Å². The van der Waals surface area contributed by atoms with E-state index in [1.807, 2.05) is 0 Å². The summed E-state index contributed by atoms with van der Waals surface area (Å²) in [7, 11) is 0. The van der Waals surface area contributed by atoms with E-state index in [0.29, 0.717) is 57.9 Å². The maximum Gasteiger partial charge on any atom is 0.344 e. The van der Waals surface area contributed by atoms with E-state index in [-0.39, 0.29) is 43.4 Å². The van der Waals surface area contributed by atoms with Crippen molar-refractivity contribution in [3.05, 3.63) is 11.9 Å². The van der Waals surface area contributed by atoms with E-state index in [2.05, 4.69) is 36.6 Å². The lowest BCUT2D eigenvalue weighted by Gasteiger charge is -2.24. The highest BCUT2D eigenvalue weighted by molar-refractivity contribution is 5.92. The minimum Gasteiger partial charge on any atom is -0.370 e. The predicted octanol–water partition coefficient (Wildman–Crippen LogP) is -2.60. The Bertz CT molecular complexity index is 1010. The number of aromatic nitrogens is 3. The molecular weight excluding hydrogens is 510 g/mol. The van der Waals surface area contributed by atoms with E-state index in [0.717, 1.165) is 4.68 Å². The fourth-order valence-corrected chi connectivity index (χ4v) is 3.90. The maximum atomic E-state index is 13.3. The number of nitrogens with one attached hydrogen (secondary N) is 4. The number of guanidine groups is 1. The minimum absolute atomic E-state index is 0.0811. The predicted molar refractivity (Wildman–Crippen MR) is 141 cm³/mol. The Balaban J connectivity index is 2.28. The Hall–Kier alpha value is -4.08. The second kappa shape index (κ2) is 16.7. The highest BCUT2D eigenvalue weighted by Gasteiger charge is 2.28. The number of amides is 4. The van der Waals surface area contributed by atoms with Crippen LogP contribution in [0.1, 0.15) is 57.1 Å². The highest BCUT2D eigenvalue weighted by Crippen LogP contribution is 2.07. The molecule has 39 heavy (non-hydrogen) atoms. The van der Waals surface area contributed by atoms with Crippen LogP contribution < -0.4 is 38.5 Å². The lowest BCUT2D eigenvalue weighted by atomic mass is 10.1. The molecule has 0 saturated heterocycles. The third-order valence-electron chi connectivity index (χ3n) is 5.99. The number of carbonyl (C=O) groups is 5. The zero-order valence-electron chi connectivity index (χ0n) is 21.9. The van der Waals surface area contributed by atoms with Crippen molar-refractivity contribution in [3.8, 4) is 0 Å². The average molecular weight is 550 g/mol. The van der Waals surface area contributed by atoms with Gasteiger partial charge in [0, 0.05) is 13.1 Å². The number of aliphatic imine (C=N–C) groups is 1. The second-order valence-electron chi connectivity index (χ2n) is 9.22. The molecule has 16 nitrogen and oxygen atoms in total. The summed E-state index contributed by atoms with van der Waals surface area (Å²) < 4.78 is 0.911. The fraction of sp³-hybridized carbons (Fsp3) is 0.652. The van der Waals surface area contributed by atoms with Crippen LogP contribution in [0.15, 0.2) is 11.2 Å². The summed E-state index contributed by atoms with van der Waals surface area (Å²) in [5, 5.41) is 18.3. The van der Waals surface area contributed by atoms with Gasteiger partial charge in [0.25, 0.3) is 0 Å². The van der Waals surface area contributed by atoms with E-state index in [1.54, 1.807) is 0 Å². The zero-order valence-corrected chi connectivity index (χ0v) is 21.9. The average Bonchev–Trinajstić information content (AvgIpc) is 3.36. The lowest BCUT2D eigenvalue weighted by molar-refractivity contribution is -0.131. The Kier molecular flexibility index (Phi) is 13.3. The first-order valence-corrected chi connectivity index (χ1v) is 13.0. The summed E-state index contributed by atoms with van der Waals surface area (Å²) in [6, 6.07) is -3.53. The molecule has 3 atom stereocenters. The van der Waals surface area contributed by atoms with Crippen molar-refractivity contribution in [1.82, 2.24) is 36.3 Å². The van der Waals surface area contributed by atoms with Crippen molar-refractivity contribution in [3.63, 3.8) is 0 Å². The summed E-state index contributed by atoms with van der Waals surface area (Å²) in [5.74, 6) is -1.55. The molecule has 4 amide bonds. The topological polar surface area (TPSA) is 255 Å². The first kappa shape index (κ1) is 31.1. The van der Waals surface area contributed by atoms with Gasteiger partial charge >= 0.3 is 6.03 Å². The van der Waals surface area contributed by atoms with Crippen molar-refractivity contribution in [2.75, 3.05) is 19.6 Å². The van der Waals surface area contributed by atoms with Crippen LogP contribution in [-0.2, 0) is 25.6 Å². The number of aldehydes is 1. The number of unbranched alkanes of at least 4 members (excludes halogenated alkanes) is 1. The third kappa shape index (κ3) is 11.5. The van der Waals surface area contributed by atoms with Gasteiger partial charge in [-0.1, -0.05) is 5.21 Å². The van der Waals surface area contributed by atoms with E-state index in [1.165, 1.54) is 6.20 Å². The Labute approximate surface area is 226 Å². The molecule has 16 heteroatoms. The van der Waals surface area contributed by atoms with Gasteiger partial charge < -0.3 is 43.3 Å². The largest absolute Gasteiger partial charge is 0.370 e. The number of fused-ring (bicyclic) bond motifs is 2. The van der Waals surface area contributed by atoms with Crippen LogP contribution in [0.3, 0.4) is 0 Å². The lowest BCUT2D eigenvalue weighted by Crippen LogP contribution is -2.55. The van der Waals surface area contributed by atoms with Gasteiger partial charge in [0.15, 0.2) is 5.96 Å². The van der Waals surface area contributed by atoms with E-state index in [9.17, 15) is 24.0 Å². The molecule has 0 spiro atoms. The van der Waals surface area contributed by atoms with Gasteiger partial charge in [0.1, 0.15) is 18.4 Å². The van der Waals surface area contributed by atoms with Gasteiger partial charge in [-0.2, -0.15) is 4.68 Å². The Morgan fingerprint density at radius 3 is 2.46 bits per heavy atom. The molecule has 2 rings (SSSR count). The van der Waals surface area contributed by atoms with Crippen LogP contribution in [0.25, 0.3) is 0 Å². The van der Waals surface area contributed by atoms with Crippen molar-refractivity contribution in [2.45, 2.75) is 75.9 Å². The molecule has 0 radical (unpaired) electrons. The van der Waals surface area contributed by atoms with Crippen molar-refractivity contribution in [1.29, 1.82) is 0 Å². The summed E-state index contributed by atoms with van der Waals surface area (Å²) >= 11 is 0. The zero-order chi connectivity index (χ0) is 28.6. The van der Waals surface area contributed by atoms with Crippen LogP contribution in [0.5, 0.6) is 0 Å². The number of hydrogen-bond acceptors (Lipinski definition) is 9. The molecule has 2 bridgehead atoms. The van der Waals surface area contributed by atoms with E-state index < -0.39 is 36.0 Å². The van der Waals surface area contributed by atoms with Crippen molar-refractivity contribution >= 4 is 36.0 Å². The number of nitrogens with two attached hydrogens (primary N) is 3. The molecule has 0 aliphatic carbocycles. The molecule has 1 aromatic rings. The molecule has 1 aromatic heterocycles. The molecule has 216 valence electrons. The number of nitrogens with zero attached hydrogens (tertiary/aromatic N) is 4. The number of carbonyl (C=O) groups excluding carboxylic acids is 5.